The molecule has 2 aliphatic rings. The largest absolute Gasteiger partial charge is 0.393 e. The number of aromatic nitrogens is 1. The molecule has 1 aromatic rings. The lowest BCUT2D eigenvalue weighted by atomic mass is 9.93. The minimum atomic E-state index is -0.152. The van der Waals surface area contributed by atoms with E-state index >= 15 is 0 Å². The zero-order chi connectivity index (χ0) is 15.4. The molecule has 2 heterocycles. The van der Waals surface area contributed by atoms with Gasteiger partial charge in [-0.2, -0.15) is 0 Å². The van der Waals surface area contributed by atoms with E-state index in [1.165, 1.54) is 0 Å². The molecule has 0 bridgehead atoms. The number of ether oxygens (including phenoxy) is 1. The van der Waals surface area contributed by atoms with Gasteiger partial charge in [0.15, 0.2) is 0 Å². The fraction of sp³-hybridized carbons (Fsp3) is 0.588. The van der Waals surface area contributed by atoms with E-state index in [-0.39, 0.29) is 6.10 Å². The molecule has 1 unspecified atom stereocenters. The minimum absolute atomic E-state index is 0.152. The zero-order valence-electron chi connectivity index (χ0n) is 12.5. The van der Waals surface area contributed by atoms with Crippen LogP contribution >= 0.6 is 11.6 Å². The number of hydrogen-bond acceptors (Lipinski definition) is 4. The normalized spacial score (nSPS) is 28.0. The molecule has 0 spiro atoms. The Morgan fingerprint density at radius 2 is 2.09 bits per heavy atom. The molecule has 0 radical (unpaired) electrons. The first-order valence-corrected chi connectivity index (χ1v) is 8.28. The molecule has 22 heavy (non-hydrogen) atoms. The topological polar surface area (TPSA) is 54.4 Å². The monoisotopic (exact) mass is 320 g/mol. The van der Waals surface area contributed by atoms with Crippen LogP contribution in [0, 0.1) is 17.8 Å². The van der Waals surface area contributed by atoms with Crippen molar-refractivity contribution in [2.45, 2.75) is 44.2 Å². The van der Waals surface area contributed by atoms with Crippen molar-refractivity contribution in [3.8, 4) is 11.8 Å². The first-order valence-electron chi connectivity index (χ1n) is 7.90. The highest BCUT2D eigenvalue weighted by molar-refractivity contribution is 6.29. The maximum absolute atomic E-state index is 9.60. The molecule has 1 atom stereocenters. The lowest BCUT2D eigenvalue weighted by molar-refractivity contribution is 0.126. The Hall–Kier alpha value is -1.28. The van der Waals surface area contributed by atoms with Crippen LogP contribution in [-0.4, -0.2) is 35.5 Å². The average Bonchev–Trinajstić information content (AvgIpc) is 3.02. The summed E-state index contributed by atoms with van der Waals surface area (Å²) < 4.78 is 5.35. The third kappa shape index (κ3) is 4.13. The molecule has 0 aromatic carbocycles. The Kier molecular flexibility index (Phi) is 5.20. The molecule has 1 aliphatic carbocycles. The van der Waals surface area contributed by atoms with E-state index in [1.54, 1.807) is 6.20 Å². The molecule has 2 N–H and O–H groups in total. The molecule has 1 aliphatic heterocycles. The predicted octanol–water partition coefficient (Wildman–Crippen LogP) is 2.84. The van der Waals surface area contributed by atoms with E-state index in [0.29, 0.717) is 17.1 Å². The fourth-order valence-electron chi connectivity index (χ4n) is 2.92. The van der Waals surface area contributed by atoms with E-state index in [9.17, 15) is 5.11 Å². The summed E-state index contributed by atoms with van der Waals surface area (Å²) in [4.78, 5) is 4.14. The quantitative estimate of drug-likeness (QED) is 0.650. The van der Waals surface area contributed by atoms with Crippen LogP contribution in [0.4, 0.5) is 5.69 Å². The lowest BCUT2D eigenvalue weighted by Gasteiger charge is -2.27. The number of halogens is 1. The van der Waals surface area contributed by atoms with Crippen LogP contribution in [0.5, 0.6) is 0 Å². The highest BCUT2D eigenvalue weighted by atomic mass is 35.5. The minimum Gasteiger partial charge on any atom is -0.393 e. The smallest absolute Gasteiger partial charge is 0.131 e. The molecular weight excluding hydrogens is 300 g/mol. The van der Waals surface area contributed by atoms with Crippen LogP contribution in [0.25, 0.3) is 0 Å². The summed E-state index contributed by atoms with van der Waals surface area (Å²) in [5.74, 6) is 6.80. The molecule has 4 nitrogen and oxygen atoms in total. The van der Waals surface area contributed by atoms with Crippen molar-refractivity contribution < 1.29 is 9.84 Å². The maximum Gasteiger partial charge on any atom is 0.131 e. The van der Waals surface area contributed by atoms with E-state index < -0.39 is 0 Å². The van der Waals surface area contributed by atoms with Crippen molar-refractivity contribution in [2.75, 3.05) is 18.5 Å². The first-order chi connectivity index (χ1) is 10.7. The van der Waals surface area contributed by atoms with Gasteiger partial charge in [0.1, 0.15) is 5.15 Å². The molecule has 1 saturated heterocycles. The standard InChI is InChI=1S/C17H21ClN2O2/c18-17-9-16(20-14-3-5-15(21)6-4-14)13(10-19-17)2-1-12-7-8-22-11-12/h9-10,12,14-15,21H,3-8,11H2,(H,19,20). The molecule has 1 aromatic heterocycles. The average molecular weight is 321 g/mol. The molecule has 1 saturated carbocycles. The van der Waals surface area contributed by atoms with Gasteiger partial charge < -0.3 is 15.2 Å². The second kappa shape index (κ2) is 7.32. The van der Waals surface area contributed by atoms with Crippen molar-refractivity contribution >= 4 is 17.3 Å². The van der Waals surface area contributed by atoms with Gasteiger partial charge in [-0.3, -0.25) is 0 Å². The van der Waals surface area contributed by atoms with Crippen LogP contribution in [0.3, 0.4) is 0 Å². The van der Waals surface area contributed by atoms with E-state index in [4.69, 9.17) is 16.3 Å². The fourth-order valence-corrected chi connectivity index (χ4v) is 3.08. The van der Waals surface area contributed by atoms with Crippen LogP contribution < -0.4 is 5.32 Å². The summed E-state index contributed by atoms with van der Waals surface area (Å²) >= 11 is 6.03. The maximum atomic E-state index is 9.60. The van der Waals surface area contributed by atoms with Gasteiger partial charge in [-0.1, -0.05) is 23.4 Å². The second-order valence-corrected chi connectivity index (χ2v) is 6.42. The van der Waals surface area contributed by atoms with Gasteiger partial charge >= 0.3 is 0 Å². The van der Waals surface area contributed by atoms with E-state index in [1.807, 2.05) is 6.07 Å². The third-order valence-corrected chi connectivity index (χ3v) is 4.47. The molecule has 118 valence electrons. The lowest BCUT2D eigenvalue weighted by Crippen LogP contribution is -2.28. The van der Waals surface area contributed by atoms with Crippen LogP contribution in [0.1, 0.15) is 37.7 Å². The van der Waals surface area contributed by atoms with Gasteiger partial charge in [0.05, 0.1) is 24.0 Å². The summed E-state index contributed by atoms with van der Waals surface area (Å²) in [5.41, 5.74) is 1.82. The van der Waals surface area contributed by atoms with Crippen molar-refractivity contribution in [1.29, 1.82) is 0 Å². The summed E-state index contributed by atoms with van der Waals surface area (Å²) in [6.07, 6.45) is 6.19. The summed E-state index contributed by atoms with van der Waals surface area (Å²) in [6.45, 7) is 1.52. The van der Waals surface area contributed by atoms with Gasteiger partial charge in [0.2, 0.25) is 0 Å². The van der Waals surface area contributed by atoms with Crippen LogP contribution in [0.15, 0.2) is 12.3 Å². The van der Waals surface area contributed by atoms with E-state index in [2.05, 4.69) is 22.1 Å². The number of nitrogens with zero attached hydrogens (tertiary/aromatic N) is 1. The SMILES string of the molecule is OC1CCC(Nc2cc(Cl)ncc2C#CC2CCOC2)CC1. The number of pyridine rings is 1. The number of aliphatic hydroxyl groups excluding tert-OH is 1. The zero-order valence-corrected chi connectivity index (χ0v) is 13.3. The summed E-state index contributed by atoms with van der Waals surface area (Å²) in [6, 6.07) is 2.19. The Morgan fingerprint density at radius 3 is 2.82 bits per heavy atom. The molecular formula is C17H21ClN2O2. The van der Waals surface area contributed by atoms with E-state index in [0.717, 1.165) is 56.6 Å². The number of anilines is 1. The molecule has 3 rings (SSSR count). The van der Waals surface area contributed by atoms with Gasteiger partial charge in [-0.25, -0.2) is 4.98 Å². The van der Waals surface area contributed by atoms with Gasteiger partial charge in [0.25, 0.3) is 0 Å². The van der Waals surface area contributed by atoms with Crippen LogP contribution in [0.2, 0.25) is 5.15 Å². The Morgan fingerprint density at radius 1 is 1.27 bits per heavy atom. The van der Waals surface area contributed by atoms with Crippen LogP contribution in [-0.2, 0) is 4.74 Å². The number of aliphatic hydroxyl groups is 1. The Labute approximate surface area is 136 Å². The second-order valence-electron chi connectivity index (χ2n) is 6.03. The predicted molar refractivity (Wildman–Crippen MR) is 86.9 cm³/mol. The molecule has 0 amide bonds. The number of hydrogen-bond donors (Lipinski definition) is 2. The Balaban J connectivity index is 1.72. The molecule has 5 heteroatoms. The third-order valence-electron chi connectivity index (χ3n) is 4.27. The molecule has 2 fully saturated rings. The highest BCUT2D eigenvalue weighted by Crippen LogP contribution is 2.25. The summed E-state index contributed by atoms with van der Waals surface area (Å²) in [5, 5.41) is 13.6. The van der Waals surface area contributed by atoms with Crippen molar-refractivity contribution in [1.82, 2.24) is 4.98 Å². The summed E-state index contributed by atoms with van der Waals surface area (Å²) in [7, 11) is 0. The first kappa shape index (κ1) is 15.6. The van der Waals surface area contributed by atoms with Gasteiger partial charge in [-0.05, 0) is 38.2 Å². The van der Waals surface area contributed by atoms with Crippen molar-refractivity contribution in [3.05, 3.63) is 23.0 Å². The number of nitrogens with one attached hydrogen (secondary N) is 1. The van der Waals surface area contributed by atoms with Crippen molar-refractivity contribution in [3.63, 3.8) is 0 Å². The van der Waals surface area contributed by atoms with Gasteiger partial charge in [-0.15, -0.1) is 0 Å². The number of rotatable bonds is 2. The van der Waals surface area contributed by atoms with Gasteiger partial charge in [0, 0.05) is 24.8 Å². The van der Waals surface area contributed by atoms with Crippen molar-refractivity contribution in [2.24, 2.45) is 5.92 Å². The highest BCUT2D eigenvalue weighted by Gasteiger charge is 2.20. The Bertz CT molecular complexity index is 568.